The number of hydrogen-bond acceptors (Lipinski definition) is 6. The molecule has 0 saturated heterocycles. The van der Waals surface area contributed by atoms with Gasteiger partial charge in [0.15, 0.2) is 0 Å². The Bertz CT molecular complexity index is 335. The normalized spacial score (nSPS) is 11.2. The molecule has 1 heterocycles. The maximum atomic E-state index is 11.3. The van der Waals surface area contributed by atoms with Crippen LogP contribution in [0.3, 0.4) is 0 Å². The van der Waals surface area contributed by atoms with Crippen LogP contribution in [0.2, 0.25) is 0 Å². The van der Waals surface area contributed by atoms with Crippen molar-refractivity contribution in [1.29, 1.82) is 0 Å². The van der Waals surface area contributed by atoms with Gasteiger partial charge in [-0.3, -0.25) is 0 Å². The summed E-state index contributed by atoms with van der Waals surface area (Å²) in [6, 6.07) is 0. The second-order valence-corrected chi connectivity index (χ2v) is 5.36. The number of nitrogens with zero attached hydrogens (tertiary/aromatic N) is 2. The number of aromatic nitrogens is 2. The summed E-state index contributed by atoms with van der Waals surface area (Å²) >= 11 is 1.36. The Morgan fingerprint density at radius 1 is 1.47 bits per heavy atom. The van der Waals surface area contributed by atoms with Crippen LogP contribution in [0.1, 0.15) is 25.6 Å². The van der Waals surface area contributed by atoms with Gasteiger partial charge in [0.25, 0.3) is 0 Å². The number of rotatable bonds is 5. The molecule has 17 heavy (non-hydrogen) atoms. The molecule has 0 aliphatic rings. The lowest BCUT2D eigenvalue weighted by Crippen LogP contribution is -2.36. The highest BCUT2D eigenvalue weighted by atomic mass is 32.1. The summed E-state index contributed by atoms with van der Waals surface area (Å²) in [5.74, 6) is 0. The Hall–Kier alpha value is -1.21. The molecule has 0 fully saturated rings. The van der Waals surface area contributed by atoms with E-state index < -0.39 is 11.7 Å². The number of carbonyl (C=O) groups excluding carboxylic acids is 1. The molecule has 1 aromatic rings. The van der Waals surface area contributed by atoms with E-state index in [1.807, 2.05) is 20.8 Å². The van der Waals surface area contributed by atoms with Crippen LogP contribution in [-0.2, 0) is 11.3 Å². The molecule has 7 heteroatoms. The van der Waals surface area contributed by atoms with Gasteiger partial charge in [-0.1, -0.05) is 4.49 Å². The van der Waals surface area contributed by atoms with Crippen LogP contribution in [-0.4, -0.2) is 34.4 Å². The van der Waals surface area contributed by atoms with Crippen LogP contribution in [0, 0.1) is 0 Å². The minimum atomic E-state index is -0.453. The van der Waals surface area contributed by atoms with Gasteiger partial charge in [0.1, 0.15) is 5.60 Å². The lowest BCUT2D eigenvalue weighted by Gasteiger charge is -2.19. The maximum absolute atomic E-state index is 11.3. The molecule has 0 aliphatic heterocycles. The molecule has 0 atom stereocenters. The van der Waals surface area contributed by atoms with Crippen molar-refractivity contribution < 1.29 is 9.53 Å². The smallest absolute Gasteiger partial charge is 0.407 e. The third-order valence-corrected chi connectivity index (χ3v) is 2.34. The lowest BCUT2D eigenvalue weighted by atomic mass is 10.2. The summed E-state index contributed by atoms with van der Waals surface area (Å²) in [5.41, 5.74) is -0.453. The summed E-state index contributed by atoms with van der Waals surface area (Å²) < 4.78 is 8.85. The van der Waals surface area contributed by atoms with Gasteiger partial charge in [0, 0.05) is 19.6 Å². The maximum Gasteiger partial charge on any atom is 0.407 e. The molecule has 0 aliphatic carbocycles. The van der Waals surface area contributed by atoms with Gasteiger partial charge in [0.2, 0.25) is 0 Å². The van der Waals surface area contributed by atoms with Crippen LogP contribution >= 0.6 is 11.5 Å². The van der Waals surface area contributed by atoms with Crippen LogP contribution in [0.25, 0.3) is 0 Å². The summed E-state index contributed by atoms with van der Waals surface area (Å²) in [6.07, 6.45) is 1.33. The zero-order chi connectivity index (χ0) is 12.7. The highest BCUT2D eigenvalue weighted by Crippen LogP contribution is 2.06. The van der Waals surface area contributed by atoms with Gasteiger partial charge in [-0.05, 0) is 32.3 Å². The van der Waals surface area contributed by atoms with E-state index in [-0.39, 0.29) is 0 Å². The van der Waals surface area contributed by atoms with Crippen molar-refractivity contribution in [3.63, 3.8) is 0 Å². The number of hydrogen-bond donors (Lipinski definition) is 2. The van der Waals surface area contributed by atoms with Crippen LogP contribution in [0.5, 0.6) is 0 Å². The fourth-order valence-electron chi connectivity index (χ4n) is 1.04. The standard InChI is InChI=1S/C10H18N4O2S/c1-10(2,3)16-9(15)12-5-4-11-6-8-7-13-14-17-8/h7,11H,4-6H2,1-3H3,(H,12,15). The van der Waals surface area contributed by atoms with Gasteiger partial charge in [0.05, 0.1) is 11.1 Å². The second kappa shape index (κ2) is 6.51. The minimum absolute atomic E-state index is 0.390. The van der Waals surface area contributed by atoms with Crippen molar-refractivity contribution in [2.24, 2.45) is 0 Å². The highest BCUT2D eigenvalue weighted by Gasteiger charge is 2.15. The van der Waals surface area contributed by atoms with E-state index in [1.165, 1.54) is 11.5 Å². The molecule has 0 unspecified atom stereocenters. The van der Waals surface area contributed by atoms with Crippen molar-refractivity contribution >= 4 is 17.6 Å². The van der Waals surface area contributed by atoms with Gasteiger partial charge in [-0.2, -0.15) is 0 Å². The fourth-order valence-corrected chi connectivity index (χ4v) is 1.50. The quantitative estimate of drug-likeness (QED) is 0.775. The Balaban J connectivity index is 2.02. The average molecular weight is 258 g/mol. The molecule has 0 radical (unpaired) electrons. The summed E-state index contributed by atoms with van der Waals surface area (Å²) in [4.78, 5) is 12.3. The zero-order valence-electron chi connectivity index (χ0n) is 10.3. The molecule has 0 saturated carbocycles. The molecule has 1 rings (SSSR count). The average Bonchev–Trinajstić information content (AvgIpc) is 2.67. The van der Waals surface area contributed by atoms with Gasteiger partial charge < -0.3 is 15.4 Å². The largest absolute Gasteiger partial charge is 0.444 e. The van der Waals surface area contributed by atoms with E-state index in [0.717, 1.165) is 4.88 Å². The van der Waals surface area contributed by atoms with Crippen molar-refractivity contribution in [3.05, 3.63) is 11.1 Å². The number of nitrogens with one attached hydrogen (secondary N) is 2. The molecule has 1 amide bonds. The zero-order valence-corrected chi connectivity index (χ0v) is 11.1. The van der Waals surface area contributed by atoms with E-state index in [0.29, 0.717) is 19.6 Å². The molecule has 2 N–H and O–H groups in total. The first-order valence-electron chi connectivity index (χ1n) is 5.41. The van der Waals surface area contributed by atoms with E-state index >= 15 is 0 Å². The first kappa shape index (κ1) is 13.9. The number of alkyl carbamates (subject to hydrolysis) is 1. The third kappa shape index (κ3) is 6.85. The van der Waals surface area contributed by atoms with Crippen LogP contribution < -0.4 is 10.6 Å². The van der Waals surface area contributed by atoms with Crippen molar-refractivity contribution in [3.8, 4) is 0 Å². The molecule has 96 valence electrons. The highest BCUT2D eigenvalue weighted by molar-refractivity contribution is 7.05. The topological polar surface area (TPSA) is 76.1 Å². The van der Waals surface area contributed by atoms with Crippen LogP contribution in [0.4, 0.5) is 4.79 Å². The Morgan fingerprint density at radius 2 is 2.24 bits per heavy atom. The Kier molecular flexibility index (Phi) is 5.30. The first-order valence-corrected chi connectivity index (χ1v) is 6.18. The SMILES string of the molecule is CC(C)(C)OC(=O)NCCNCc1cnns1. The summed E-state index contributed by atoms with van der Waals surface area (Å²) in [7, 11) is 0. The molecule has 6 nitrogen and oxygen atoms in total. The third-order valence-electron chi connectivity index (χ3n) is 1.68. The molecule has 0 aromatic carbocycles. The molecular formula is C10H18N4O2S. The summed E-state index contributed by atoms with van der Waals surface area (Å²) in [5, 5.41) is 9.56. The lowest BCUT2D eigenvalue weighted by molar-refractivity contribution is 0.0528. The Morgan fingerprint density at radius 3 is 2.82 bits per heavy atom. The Labute approximate surface area is 105 Å². The van der Waals surface area contributed by atoms with Crippen molar-refractivity contribution in [1.82, 2.24) is 20.2 Å². The van der Waals surface area contributed by atoms with Crippen LogP contribution in [0.15, 0.2) is 6.20 Å². The second-order valence-electron chi connectivity index (χ2n) is 4.49. The molecular weight excluding hydrogens is 240 g/mol. The van der Waals surface area contributed by atoms with E-state index in [4.69, 9.17) is 4.74 Å². The van der Waals surface area contributed by atoms with E-state index in [1.54, 1.807) is 6.20 Å². The van der Waals surface area contributed by atoms with Gasteiger partial charge >= 0.3 is 6.09 Å². The molecule has 0 spiro atoms. The fraction of sp³-hybridized carbons (Fsp3) is 0.700. The van der Waals surface area contributed by atoms with E-state index in [9.17, 15) is 4.79 Å². The predicted octanol–water partition coefficient (Wildman–Crippen LogP) is 1.15. The van der Waals surface area contributed by atoms with Crippen molar-refractivity contribution in [2.75, 3.05) is 13.1 Å². The first-order chi connectivity index (χ1) is 7.97. The monoisotopic (exact) mass is 258 g/mol. The summed E-state index contributed by atoms with van der Waals surface area (Å²) in [6.45, 7) is 7.43. The minimum Gasteiger partial charge on any atom is -0.444 e. The number of carbonyl (C=O) groups is 1. The van der Waals surface area contributed by atoms with E-state index in [2.05, 4.69) is 20.2 Å². The molecule has 1 aromatic heterocycles. The predicted molar refractivity (Wildman–Crippen MR) is 65.9 cm³/mol. The van der Waals surface area contributed by atoms with Crippen molar-refractivity contribution in [2.45, 2.75) is 32.9 Å². The number of ether oxygens (including phenoxy) is 1. The molecule has 0 bridgehead atoms. The van der Waals surface area contributed by atoms with Gasteiger partial charge in [-0.25, -0.2) is 4.79 Å². The van der Waals surface area contributed by atoms with Gasteiger partial charge in [-0.15, -0.1) is 5.10 Å². The number of amides is 1.